The molecule has 0 fully saturated rings. The van der Waals surface area contributed by atoms with Crippen LogP contribution in [0.15, 0.2) is 59.6 Å². The molecule has 0 radical (unpaired) electrons. The molecule has 0 atom stereocenters. The van der Waals surface area contributed by atoms with Gasteiger partial charge in [-0.25, -0.2) is 0 Å². The molecule has 2 aromatic rings. The van der Waals surface area contributed by atoms with Gasteiger partial charge in [0.25, 0.3) is 5.91 Å². The van der Waals surface area contributed by atoms with Crippen molar-refractivity contribution in [3.8, 4) is 0 Å². The molecular formula is C15H12N2O. The van der Waals surface area contributed by atoms with Crippen molar-refractivity contribution in [3.05, 3.63) is 71.3 Å². The molecule has 2 aromatic carbocycles. The molecule has 0 unspecified atom stereocenters. The van der Waals surface area contributed by atoms with E-state index in [1.165, 1.54) is 0 Å². The average Bonchev–Trinajstić information content (AvgIpc) is 2.60. The number of fused-ring (bicyclic) bond motifs is 1. The summed E-state index contributed by atoms with van der Waals surface area (Å²) >= 11 is 0. The number of nitrogens with one attached hydrogen (secondary N) is 1. The molecular weight excluding hydrogens is 224 g/mol. The predicted molar refractivity (Wildman–Crippen MR) is 70.9 cm³/mol. The summed E-state index contributed by atoms with van der Waals surface area (Å²) in [6.07, 6.45) is 0. The van der Waals surface area contributed by atoms with E-state index >= 15 is 0 Å². The summed E-state index contributed by atoms with van der Waals surface area (Å²) in [5, 5.41) is 2.77. The Bertz CT molecular complexity index is 617. The molecule has 0 saturated heterocycles. The van der Waals surface area contributed by atoms with Gasteiger partial charge in [0.2, 0.25) is 0 Å². The number of amides is 1. The van der Waals surface area contributed by atoms with Crippen LogP contribution in [-0.2, 0) is 0 Å². The molecule has 3 nitrogen and oxygen atoms in total. The maximum atomic E-state index is 11.9. The second-order valence-electron chi connectivity index (χ2n) is 4.08. The number of nitrogens with zero attached hydrogens (tertiary/aromatic N) is 1. The van der Waals surface area contributed by atoms with Crippen LogP contribution in [0.3, 0.4) is 0 Å². The Morgan fingerprint density at radius 3 is 2.33 bits per heavy atom. The molecule has 0 aliphatic carbocycles. The highest BCUT2D eigenvalue weighted by molar-refractivity contribution is 6.18. The number of rotatable bonds is 1. The lowest BCUT2D eigenvalue weighted by molar-refractivity contribution is 0.0956. The minimum Gasteiger partial charge on any atom is -0.333 e. The zero-order chi connectivity index (χ0) is 12.4. The van der Waals surface area contributed by atoms with Gasteiger partial charge in [0, 0.05) is 16.7 Å². The number of benzene rings is 2. The van der Waals surface area contributed by atoms with E-state index < -0.39 is 0 Å². The van der Waals surface area contributed by atoms with E-state index in [-0.39, 0.29) is 5.91 Å². The van der Waals surface area contributed by atoms with Gasteiger partial charge in [0.1, 0.15) is 6.67 Å². The van der Waals surface area contributed by atoms with Gasteiger partial charge in [0.05, 0.1) is 5.71 Å². The second kappa shape index (κ2) is 4.45. The van der Waals surface area contributed by atoms with Crippen molar-refractivity contribution in [2.24, 2.45) is 4.99 Å². The molecule has 0 spiro atoms. The first-order chi connectivity index (χ1) is 8.86. The summed E-state index contributed by atoms with van der Waals surface area (Å²) < 4.78 is 0. The first-order valence-corrected chi connectivity index (χ1v) is 5.84. The molecule has 1 amide bonds. The predicted octanol–water partition coefficient (Wildman–Crippen LogP) is 2.22. The number of hydrogen-bond donors (Lipinski definition) is 1. The summed E-state index contributed by atoms with van der Waals surface area (Å²) in [6, 6.07) is 17.5. The topological polar surface area (TPSA) is 41.5 Å². The molecule has 0 bridgehead atoms. The van der Waals surface area contributed by atoms with E-state index in [0.717, 1.165) is 16.8 Å². The molecule has 3 rings (SSSR count). The van der Waals surface area contributed by atoms with Crippen molar-refractivity contribution < 1.29 is 4.79 Å². The van der Waals surface area contributed by atoms with Crippen LogP contribution in [0.4, 0.5) is 0 Å². The molecule has 88 valence electrons. The molecule has 1 heterocycles. The zero-order valence-corrected chi connectivity index (χ0v) is 9.76. The fourth-order valence-electron chi connectivity index (χ4n) is 2.10. The van der Waals surface area contributed by atoms with Crippen LogP contribution < -0.4 is 5.32 Å². The van der Waals surface area contributed by atoms with Gasteiger partial charge in [-0.05, 0) is 6.07 Å². The Morgan fingerprint density at radius 2 is 1.56 bits per heavy atom. The summed E-state index contributed by atoms with van der Waals surface area (Å²) in [5.74, 6) is -0.0692. The van der Waals surface area contributed by atoms with Crippen LogP contribution in [0.1, 0.15) is 21.5 Å². The van der Waals surface area contributed by atoms with Gasteiger partial charge < -0.3 is 5.32 Å². The van der Waals surface area contributed by atoms with E-state index in [4.69, 9.17) is 0 Å². The zero-order valence-electron chi connectivity index (χ0n) is 9.76. The first-order valence-electron chi connectivity index (χ1n) is 5.84. The highest BCUT2D eigenvalue weighted by Gasteiger charge is 2.18. The fourth-order valence-corrected chi connectivity index (χ4v) is 2.10. The van der Waals surface area contributed by atoms with E-state index in [0.29, 0.717) is 12.2 Å². The molecule has 18 heavy (non-hydrogen) atoms. The monoisotopic (exact) mass is 236 g/mol. The Kier molecular flexibility index (Phi) is 2.65. The standard InChI is InChI=1S/C15H12N2O/c18-15-13-9-5-4-8-12(13)14(16-10-17-15)11-6-2-1-3-7-11/h1-9H,10H2,(H,17,18). The van der Waals surface area contributed by atoms with Crippen molar-refractivity contribution >= 4 is 11.6 Å². The Hall–Kier alpha value is -2.42. The maximum Gasteiger partial charge on any atom is 0.253 e. The Labute approximate surface area is 105 Å². The first kappa shape index (κ1) is 10.7. The van der Waals surface area contributed by atoms with Gasteiger partial charge in [-0.1, -0.05) is 48.5 Å². The maximum absolute atomic E-state index is 11.9. The highest BCUT2D eigenvalue weighted by Crippen LogP contribution is 2.17. The summed E-state index contributed by atoms with van der Waals surface area (Å²) in [7, 11) is 0. The second-order valence-corrected chi connectivity index (χ2v) is 4.08. The minimum absolute atomic E-state index is 0.0692. The number of aliphatic imine (C=N–C) groups is 1. The third-order valence-corrected chi connectivity index (χ3v) is 2.95. The van der Waals surface area contributed by atoms with Gasteiger partial charge in [-0.15, -0.1) is 0 Å². The molecule has 0 saturated carbocycles. The van der Waals surface area contributed by atoms with Gasteiger partial charge in [0.15, 0.2) is 0 Å². The summed E-state index contributed by atoms with van der Waals surface area (Å²) in [5.41, 5.74) is 3.46. The van der Waals surface area contributed by atoms with Crippen molar-refractivity contribution in [1.29, 1.82) is 0 Å². The molecule has 0 aromatic heterocycles. The lowest BCUT2D eigenvalue weighted by Crippen LogP contribution is -2.22. The number of carbonyl (C=O) groups is 1. The van der Waals surface area contributed by atoms with Crippen LogP contribution >= 0.6 is 0 Å². The minimum atomic E-state index is -0.0692. The molecule has 1 aliphatic rings. The number of hydrogen-bond acceptors (Lipinski definition) is 2. The van der Waals surface area contributed by atoms with Crippen molar-refractivity contribution in [2.75, 3.05) is 6.67 Å². The smallest absolute Gasteiger partial charge is 0.253 e. The van der Waals surface area contributed by atoms with E-state index in [1.807, 2.05) is 54.6 Å². The number of carbonyl (C=O) groups excluding carboxylic acids is 1. The Morgan fingerprint density at radius 1 is 0.889 bits per heavy atom. The van der Waals surface area contributed by atoms with Crippen molar-refractivity contribution in [3.63, 3.8) is 0 Å². The summed E-state index contributed by atoms with van der Waals surface area (Å²) in [6.45, 7) is 0.317. The van der Waals surface area contributed by atoms with Crippen LogP contribution in [0.2, 0.25) is 0 Å². The largest absolute Gasteiger partial charge is 0.333 e. The fraction of sp³-hybridized carbons (Fsp3) is 0.0667. The van der Waals surface area contributed by atoms with Crippen LogP contribution in [0, 0.1) is 0 Å². The van der Waals surface area contributed by atoms with Crippen molar-refractivity contribution in [1.82, 2.24) is 5.32 Å². The average molecular weight is 236 g/mol. The normalized spacial score (nSPS) is 14.2. The van der Waals surface area contributed by atoms with Crippen LogP contribution in [-0.4, -0.2) is 18.3 Å². The van der Waals surface area contributed by atoms with E-state index in [9.17, 15) is 4.79 Å². The lowest BCUT2D eigenvalue weighted by Gasteiger charge is -2.07. The van der Waals surface area contributed by atoms with E-state index in [1.54, 1.807) is 0 Å². The van der Waals surface area contributed by atoms with E-state index in [2.05, 4.69) is 10.3 Å². The highest BCUT2D eigenvalue weighted by atomic mass is 16.1. The third-order valence-electron chi connectivity index (χ3n) is 2.95. The lowest BCUT2D eigenvalue weighted by atomic mass is 9.97. The molecule has 3 heteroatoms. The Balaban J connectivity index is 2.19. The van der Waals surface area contributed by atoms with Crippen molar-refractivity contribution in [2.45, 2.75) is 0 Å². The summed E-state index contributed by atoms with van der Waals surface area (Å²) in [4.78, 5) is 16.4. The van der Waals surface area contributed by atoms with Crippen LogP contribution in [0.5, 0.6) is 0 Å². The van der Waals surface area contributed by atoms with Gasteiger partial charge >= 0.3 is 0 Å². The quantitative estimate of drug-likeness (QED) is 0.810. The van der Waals surface area contributed by atoms with Crippen LogP contribution in [0.25, 0.3) is 0 Å². The van der Waals surface area contributed by atoms with Gasteiger partial charge in [-0.2, -0.15) is 0 Å². The molecule has 1 N–H and O–H groups in total. The SMILES string of the molecule is O=C1NCN=C(c2ccccc2)c2ccccc21. The molecule has 1 aliphatic heterocycles. The third kappa shape index (κ3) is 1.80. The van der Waals surface area contributed by atoms with Gasteiger partial charge in [-0.3, -0.25) is 9.79 Å².